The molecular formula is C23H23N5O2. The van der Waals surface area contributed by atoms with Gasteiger partial charge in [0.2, 0.25) is 0 Å². The molecule has 1 N–H and O–H groups in total. The molecule has 0 aliphatic heterocycles. The summed E-state index contributed by atoms with van der Waals surface area (Å²) in [7, 11) is 1.62. The summed E-state index contributed by atoms with van der Waals surface area (Å²) in [5, 5.41) is 15.2. The highest BCUT2D eigenvalue weighted by Gasteiger charge is 2.14. The number of methoxy groups -OCH3 is 1. The lowest BCUT2D eigenvalue weighted by molar-refractivity contribution is 0.362. The van der Waals surface area contributed by atoms with Gasteiger partial charge in [-0.2, -0.15) is 4.68 Å². The summed E-state index contributed by atoms with van der Waals surface area (Å²) in [5.74, 6) is 1.18. The Hall–Kier alpha value is -3.71. The minimum Gasteiger partial charge on any atom is -0.493 e. The number of hydrogen-bond donors (Lipinski definition) is 1. The SMILES string of the molecule is COc1cc(CNCCc2ccccc2)ccc1Oc1nnnn1-c1ccccc1. The van der Waals surface area contributed by atoms with Crippen molar-refractivity contribution in [1.82, 2.24) is 25.5 Å². The fourth-order valence-electron chi connectivity index (χ4n) is 3.09. The van der Waals surface area contributed by atoms with Gasteiger partial charge in [-0.1, -0.05) is 59.7 Å². The van der Waals surface area contributed by atoms with Crippen LogP contribution in [0.25, 0.3) is 5.69 Å². The van der Waals surface area contributed by atoms with Crippen molar-refractivity contribution in [1.29, 1.82) is 0 Å². The molecule has 0 aliphatic carbocycles. The standard InChI is InChI=1S/C23H23N5O2/c1-29-22-16-19(17-24-15-14-18-8-4-2-5-9-18)12-13-21(22)30-23-25-26-27-28(23)20-10-6-3-7-11-20/h2-13,16,24H,14-15,17H2,1H3. The topological polar surface area (TPSA) is 74.1 Å². The number of rotatable bonds is 9. The lowest BCUT2D eigenvalue weighted by atomic mass is 10.1. The lowest BCUT2D eigenvalue weighted by Gasteiger charge is -2.12. The van der Waals surface area contributed by atoms with Gasteiger partial charge >= 0.3 is 6.01 Å². The van der Waals surface area contributed by atoms with Crippen molar-refractivity contribution >= 4 is 0 Å². The van der Waals surface area contributed by atoms with Crippen LogP contribution in [0, 0.1) is 0 Å². The van der Waals surface area contributed by atoms with Crippen molar-refractivity contribution in [2.45, 2.75) is 13.0 Å². The van der Waals surface area contributed by atoms with E-state index in [1.165, 1.54) is 5.56 Å². The molecule has 0 bridgehead atoms. The van der Waals surface area contributed by atoms with Crippen molar-refractivity contribution in [2.24, 2.45) is 0 Å². The molecule has 0 spiro atoms. The van der Waals surface area contributed by atoms with Crippen LogP contribution in [0.4, 0.5) is 0 Å². The first-order valence-corrected chi connectivity index (χ1v) is 9.77. The van der Waals surface area contributed by atoms with E-state index in [1.807, 2.05) is 54.6 Å². The van der Waals surface area contributed by atoms with E-state index in [9.17, 15) is 0 Å². The Bertz CT molecular complexity index is 1070. The molecule has 30 heavy (non-hydrogen) atoms. The van der Waals surface area contributed by atoms with Crippen molar-refractivity contribution in [3.63, 3.8) is 0 Å². The Morgan fingerprint density at radius 1 is 0.867 bits per heavy atom. The molecule has 7 heteroatoms. The van der Waals surface area contributed by atoms with Crippen LogP contribution in [0.2, 0.25) is 0 Å². The first kappa shape index (κ1) is 19.6. The minimum atomic E-state index is 0.272. The van der Waals surface area contributed by atoms with Gasteiger partial charge in [-0.3, -0.25) is 0 Å². The zero-order chi connectivity index (χ0) is 20.6. The minimum absolute atomic E-state index is 0.272. The van der Waals surface area contributed by atoms with Gasteiger partial charge in [-0.05, 0) is 58.8 Å². The zero-order valence-corrected chi connectivity index (χ0v) is 16.7. The quantitative estimate of drug-likeness (QED) is 0.430. The molecule has 0 atom stereocenters. The average molecular weight is 401 g/mol. The van der Waals surface area contributed by atoms with Gasteiger partial charge in [-0.25, -0.2) is 0 Å². The zero-order valence-electron chi connectivity index (χ0n) is 16.7. The molecular weight excluding hydrogens is 378 g/mol. The van der Waals surface area contributed by atoms with E-state index in [2.05, 4.69) is 45.1 Å². The normalized spacial score (nSPS) is 10.7. The van der Waals surface area contributed by atoms with Crippen molar-refractivity contribution < 1.29 is 9.47 Å². The molecule has 0 amide bonds. The highest BCUT2D eigenvalue weighted by molar-refractivity contribution is 5.44. The van der Waals surface area contributed by atoms with Crippen molar-refractivity contribution in [3.05, 3.63) is 90.0 Å². The van der Waals surface area contributed by atoms with Crippen LogP contribution < -0.4 is 14.8 Å². The van der Waals surface area contributed by atoms with E-state index >= 15 is 0 Å². The van der Waals surface area contributed by atoms with Gasteiger partial charge < -0.3 is 14.8 Å². The Balaban J connectivity index is 1.40. The largest absolute Gasteiger partial charge is 0.493 e. The van der Waals surface area contributed by atoms with E-state index in [0.29, 0.717) is 11.5 Å². The molecule has 7 nitrogen and oxygen atoms in total. The third-order valence-electron chi connectivity index (χ3n) is 4.63. The molecule has 4 aromatic rings. The molecule has 0 radical (unpaired) electrons. The van der Waals surface area contributed by atoms with Crippen LogP contribution in [-0.4, -0.2) is 33.9 Å². The number of para-hydroxylation sites is 1. The van der Waals surface area contributed by atoms with E-state index in [1.54, 1.807) is 11.8 Å². The molecule has 0 saturated carbocycles. The highest BCUT2D eigenvalue weighted by Crippen LogP contribution is 2.32. The molecule has 4 rings (SSSR count). The average Bonchev–Trinajstić information content (AvgIpc) is 3.27. The van der Waals surface area contributed by atoms with E-state index in [-0.39, 0.29) is 6.01 Å². The highest BCUT2D eigenvalue weighted by atomic mass is 16.5. The smallest absolute Gasteiger partial charge is 0.346 e. The maximum Gasteiger partial charge on any atom is 0.346 e. The van der Waals surface area contributed by atoms with Crippen LogP contribution in [0.15, 0.2) is 78.9 Å². The molecule has 0 fully saturated rings. The molecule has 3 aromatic carbocycles. The van der Waals surface area contributed by atoms with Crippen LogP contribution in [-0.2, 0) is 13.0 Å². The van der Waals surface area contributed by atoms with E-state index in [0.717, 1.165) is 30.8 Å². The number of hydrogen-bond acceptors (Lipinski definition) is 6. The summed E-state index contributed by atoms with van der Waals surface area (Å²) < 4.78 is 13.0. The third kappa shape index (κ3) is 4.82. The number of tetrazole rings is 1. The maximum atomic E-state index is 5.95. The van der Waals surface area contributed by atoms with Gasteiger partial charge in [0.1, 0.15) is 0 Å². The van der Waals surface area contributed by atoms with E-state index < -0.39 is 0 Å². The Kier molecular flexibility index (Phi) is 6.31. The molecule has 1 aromatic heterocycles. The van der Waals surface area contributed by atoms with Crippen LogP contribution >= 0.6 is 0 Å². The fourth-order valence-corrected chi connectivity index (χ4v) is 3.09. The van der Waals surface area contributed by atoms with Gasteiger partial charge in [0.15, 0.2) is 11.5 Å². The van der Waals surface area contributed by atoms with Crippen molar-refractivity contribution in [3.8, 4) is 23.2 Å². The Morgan fingerprint density at radius 2 is 1.63 bits per heavy atom. The predicted octanol–water partition coefficient (Wildman–Crippen LogP) is 3.80. The van der Waals surface area contributed by atoms with Gasteiger partial charge in [0.25, 0.3) is 0 Å². The first-order valence-electron chi connectivity index (χ1n) is 9.77. The van der Waals surface area contributed by atoms with Gasteiger partial charge in [0, 0.05) is 6.54 Å². The lowest BCUT2D eigenvalue weighted by Crippen LogP contribution is -2.16. The Labute approximate surface area is 175 Å². The molecule has 152 valence electrons. The van der Waals surface area contributed by atoms with Crippen LogP contribution in [0.1, 0.15) is 11.1 Å². The van der Waals surface area contributed by atoms with Gasteiger partial charge in [0.05, 0.1) is 12.8 Å². The molecule has 1 heterocycles. The van der Waals surface area contributed by atoms with Crippen molar-refractivity contribution in [2.75, 3.05) is 13.7 Å². The second-order valence-corrected chi connectivity index (χ2v) is 6.71. The summed E-state index contributed by atoms with van der Waals surface area (Å²) in [6.45, 7) is 1.64. The van der Waals surface area contributed by atoms with E-state index in [4.69, 9.17) is 9.47 Å². The second-order valence-electron chi connectivity index (χ2n) is 6.71. The van der Waals surface area contributed by atoms with Crippen LogP contribution in [0.3, 0.4) is 0 Å². The maximum absolute atomic E-state index is 5.95. The number of nitrogens with zero attached hydrogens (tertiary/aromatic N) is 4. The monoisotopic (exact) mass is 401 g/mol. The summed E-state index contributed by atoms with van der Waals surface area (Å²) in [6, 6.07) is 26.1. The second kappa shape index (κ2) is 9.67. The third-order valence-corrected chi connectivity index (χ3v) is 4.63. The predicted molar refractivity (Wildman–Crippen MR) is 114 cm³/mol. The number of nitrogens with one attached hydrogen (secondary N) is 1. The van der Waals surface area contributed by atoms with Gasteiger partial charge in [-0.15, -0.1) is 0 Å². The summed E-state index contributed by atoms with van der Waals surface area (Å²) in [4.78, 5) is 0. The number of aromatic nitrogens is 4. The summed E-state index contributed by atoms with van der Waals surface area (Å²) in [6.07, 6.45) is 0.987. The first-order chi connectivity index (χ1) is 14.8. The summed E-state index contributed by atoms with van der Waals surface area (Å²) in [5.41, 5.74) is 3.24. The Morgan fingerprint density at radius 3 is 2.40 bits per heavy atom. The number of benzene rings is 3. The summed E-state index contributed by atoms with van der Waals surface area (Å²) >= 11 is 0. The fraction of sp³-hybridized carbons (Fsp3) is 0.174. The molecule has 0 unspecified atom stereocenters. The van der Waals surface area contributed by atoms with Crippen LogP contribution in [0.5, 0.6) is 17.5 Å². The molecule has 0 aliphatic rings. The molecule has 0 saturated heterocycles. The number of ether oxygens (including phenoxy) is 2.